The third-order valence-corrected chi connectivity index (χ3v) is 9.63. The van der Waals surface area contributed by atoms with Crippen LogP contribution in [0.2, 0.25) is 0 Å². The van der Waals surface area contributed by atoms with E-state index < -0.39 is 28.2 Å². The van der Waals surface area contributed by atoms with E-state index in [1.54, 1.807) is 16.9 Å². The summed E-state index contributed by atoms with van der Waals surface area (Å²) in [7, 11) is -4.42. The quantitative estimate of drug-likeness (QED) is 0.386. The minimum Gasteiger partial charge on any atom is -0.381 e. The fraction of sp³-hybridized carbons (Fsp3) is 0.633. The van der Waals surface area contributed by atoms with Gasteiger partial charge in [-0.3, -0.25) is 4.79 Å². The monoisotopic (exact) mass is 597 g/mol. The van der Waals surface area contributed by atoms with Crippen molar-refractivity contribution in [2.45, 2.75) is 102 Å². The molecule has 2 fully saturated rings. The molecule has 7 nitrogen and oxygen atoms in total. The smallest absolute Gasteiger partial charge is 0.381 e. The zero-order valence-electron chi connectivity index (χ0n) is 24.4. The summed E-state index contributed by atoms with van der Waals surface area (Å²) in [5.41, 5.74) is 2.65. The summed E-state index contributed by atoms with van der Waals surface area (Å²) >= 11 is 0. The van der Waals surface area contributed by atoms with Crippen LogP contribution in [0.3, 0.4) is 0 Å². The van der Waals surface area contributed by atoms with Crippen molar-refractivity contribution in [2.24, 2.45) is 5.92 Å². The number of hydrogen-bond acceptors (Lipinski definition) is 4. The first-order chi connectivity index (χ1) is 19.2. The number of benzene rings is 1. The van der Waals surface area contributed by atoms with Crippen molar-refractivity contribution < 1.29 is 31.1 Å². The SMILES string of the molecule is Cc1c(C(=O)NC2CCOCC2)cc(-c2ccc(S(=O)(=O)NCC(F)(F)F)c(C(C)(C)C)c2)n1CC1CCCCC1. The van der Waals surface area contributed by atoms with E-state index >= 15 is 0 Å². The lowest BCUT2D eigenvalue weighted by atomic mass is 9.85. The summed E-state index contributed by atoms with van der Waals surface area (Å²) in [4.78, 5) is 13.3. The first-order valence-electron chi connectivity index (χ1n) is 14.5. The van der Waals surface area contributed by atoms with Gasteiger partial charge in [-0.25, -0.2) is 13.1 Å². The standard InChI is InChI=1S/C30H42F3N3O4S/c1-20-24(28(37)35-23-12-14-40-15-13-23)17-26(36(20)18-21-8-6-5-7-9-21)22-10-11-27(25(16-22)29(2,3)4)41(38,39)34-19-30(31,32)33/h10-11,16-17,21,23,34H,5-9,12-15,18-19H2,1-4H3,(H,35,37). The molecule has 2 aliphatic rings. The Hall–Kier alpha value is -2.37. The van der Waals surface area contributed by atoms with Crippen LogP contribution in [-0.4, -0.2) is 50.9 Å². The van der Waals surface area contributed by atoms with E-state index in [1.807, 2.05) is 33.8 Å². The molecule has 1 saturated carbocycles. The van der Waals surface area contributed by atoms with Crippen molar-refractivity contribution in [2.75, 3.05) is 19.8 Å². The van der Waals surface area contributed by atoms with E-state index in [9.17, 15) is 26.4 Å². The van der Waals surface area contributed by atoms with Gasteiger partial charge in [0.25, 0.3) is 5.91 Å². The number of aromatic nitrogens is 1. The molecule has 0 unspecified atom stereocenters. The molecule has 228 valence electrons. The van der Waals surface area contributed by atoms with E-state index in [0.717, 1.165) is 43.6 Å². The Balaban J connectivity index is 1.76. The third kappa shape index (κ3) is 7.93. The molecule has 1 aliphatic carbocycles. The summed E-state index contributed by atoms with van der Waals surface area (Å²) in [6.45, 7) is 7.74. The zero-order chi connectivity index (χ0) is 30.0. The Morgan fingerprint density at radius 2 is 1.68 bits per heavy atom. The predicted octanol–water partition coefficient (Wildman–Crippen LogP) is 6.09. The average molecular weight is 598 g/mol. The normalized spacial score (nSPS) is 18.0. The van der Waals surface area contributed by atoms with Crippen molar-refractivity contribution in [1.82, 2.24) is 14.6 Å². The second-order valence-electron chi connectivity index (χ2n) is 12.4. The van der Waals surface area contributed by atoms with Crippen LogP contribution in [0.1, 0.15) is 87.3 Å². The summed E-state index contributed by atoms with van der Waals surface area (Å²) in [6, 6.07) is 6.66. The van der Waals surface area contributed by atoms with Gasteiger partial charge in [-0.2, -0.15) is 13.2 Å². The maximum absolute atomic E-state index is 13.4. The molecule has 2 N–H and O–H groups in total. The number of sulfonamides is 1. The van der Waals surface area contributed by atoms with Gasteiger partial charge >= 0.3 is 6.18 Å². The van der Waals surface area contributed by atoms with Gasteiger partial charge in [-0.15, -0.1) is 0 Å². The molecule has 2 aromatic rings. The van der Waals surface area contributed by atoms with E-state index in [2.05, 4.69) is 9.88 Å². The molecule has 1 saturated heterocycles. The molecular formula is C30H42F3N3O4S. The number of nitrogens with zero attached hydrogens (tertiary/aromatic N) is 1. The number of halogens is 3. The Kier molecular flexibility index (Phi) is 9.60. The van der Waals surface area contributed by atoms with Gasteiger partial charge in [0.2, 0.25) is 10.0 Å². The van der Waals surface area contributed by atoms with Gasteiger partial charge in [0.1, 0.15) is 6.54 Å². The van der Waals surface area contributed by atoms with Crippen LogP contribution in [0, 0.1) is 12.8 Å². The predicted molar refractivity (Wildman–Crippen MR) is 152 cm³/mol. The van der Waals surface area contributed by atoms with Crippen LogP contribution in [0.5, 0.6) is 0 Å². The van der Waals surface area contributed by atoms with Crippen molar-refractivity contribution in [3.63, 3.8) is 0 Å². The first-order valence-corrected chi connectivity index (χ1v) is 15.9. The zero-order valence-corrected chi connectivity index (χ0v) is 25.2. The number of ether oxygens (including phenoxy) is 1. The van der Waals surface area contributed by atoms with Gasteiger partial charge in [0, 0.05) is 37.2 Å². The minimum atomic E-state index is -4.67. The van der Waals surface area contributed by atoms with Crippen LogP contribution in [0.25, 0.3) is 11.3 Å². The van der Waals surface area contributed by atoms with E-state index in [1.165, 1.54) is 25.3 Å². The van der Waals surface area contributed by atoms with Gasteiger partial charge in [0.15, 0.2) is 0 Å². The van der Waals surface area contributed by atoms with E-state index in [-0.39, 0.29) is 16.8 Å². The number of alkyl halides is 3. The van der Waals surface area contributed by atoms with Gasteiger partial charge < -0.3 is 14.6 Å². The Bertz CT molecular complexity index is 1330. The van der Waals surface area contributed by atoms with Crippen molar-refractivity contribution in [1.29, 1.82) is 0 Å². The average Bonchev–Trinajstić information content (AvgIpc) is 3.23. The fourth-order valence-electron chi connectivity index (χ4n) is 5.85. The molecule has 11 heteroatoms. The summed E-state index contributed by atoms with van der Waals surface area (Å²) in [5.74, 6) is 0.318. The lowest BCUT2D eigenvalue weighted by molar-refractivity contribution is -0.121. The van der Waals surface area contributed by atoms with Crippen LogP contribution in [0.15, 0.2) is 29.2 Å². The molecule has 1 amide bonds. The highest BCUT2D eigenvalue weighted by atomic mass is 32.2. The number of amides is 1. The fourth-order valence-corrected chi connectivity index (χ4v) is 7.26. The molecule has 1 aromatic heterocycles. The molecule has 4 rings (SSSR count). The number of rotatable bonds is 8. The summed E-state index contributed by atoms with van der Waals surface area (Å²) in [5, 5.41) is 3.15. The molecule has 0 radical (unpaired) electrons. The first kappa shape index (κ1) is 31.6. The highest BCUT2D eigenvalue weighted by molar-refractivity contribution is 7.89. The van der Waals surface area contributed by atoms with Crippen molar-refractivity contribution >= 4 is 15.9 Å². The van der Waals surface area contributed by atoms with E-state index in [4.69, 9.17) is 4.74 Å². The third-order valence-electron chi connectivity index (χ3n) is 8.17. The van der Waals surface area contributed by atoms with Crippen molar-refractivity contribution in [3.05, 3.63) is 41.1 Å². The summed E-state index contributed by atoms with van der Waals surface area (Å²) in [6.07, 6.45) is 2.62. The number of carbonyl (C=O) groups excluding carboxylic acids is 1. The maximum Gasteiger partial charge on any atom is 0.402 e. The Morgan fingerprint density at radius 3 is 2.29 bits per heavy atom. The summed E-state index contributed by atoms with van der Waals surface area (Å²) < 4.78 is 73.8. The van der Waals surface area contributed by atoms with Gasteiger partial charge in [-0.1, -0.05) is 46.1 Å². The lowest BCUT2D eigenvalue weighted by Crippen LogP contribution is -2.39. The minimum absolute atomic E-state index is 0.0435. The molecule has 1 aliphatic heterocycles. The van der Waals surface area contributed by atoms with Crippen LogP contribution in [-0.2, 0) is 26.7 Å². The molecule has 1 aromatic carbocycles. The second kappa shape index (κ2) is 12.5. The molecule has 0 atom stereocenters. The maximum atomic E-state index is 13.4. The van der Waals surface area contributed by atoms with E-state index in [0.29, 0.717) is 35.8 Å². The largest absolute Gasteiger partial charge is 0.402 e. The Morgan fingerprint density at radius 1 is 1.02 bits per heavy atom. The van der Waals surface area contributed by atoms with Crippen LogP contribution >= 0.6 is 0 Å². The number of hydrogen-bond donors (Lipinski definition) is 2. The number of carbonyl (C=O) groups is 1. The van der Waals surface area contributed by atoms with Gasteiger partial charge in [0.05, 0.1) is 10.5 Å². The van der Waals surface area contributed by atoms with Crippen LogP contribution < -0.4 is 10.0 Å². The molecule has 2 heterocycles. The molecule has 0 spiro atoms. The number of nitrogens with one attached hydrogen (secondary N) is 2. The highest BCUT2D eigenvalue weighted by Gasteiger charge is 2.33. The second-order valence-corrected chi connectivity index (χ2v) is 14.1. The molecular weight excluding hydrogens is 555 g/mol. The topological polar surface area (TPSA) is 89.4 Å². The molecule has 0 bridgehead atoms. The Labute approximate surface area is 241 Å². The highest BCUT2D eigenvalue weighted by Crippen LogP contribution is 2.36. The molecule has 41 heavy (non-hydrogen) atoms. The van der Waals surface area contributed by atoms with Crippen molar-refractivity contribution in [3.8, 4) is 11.3 Å². The lowest BCUT2D eigenvalue weighted by Gasteiger charge is -2.26. The van der Waals surface area contributed by atoms with Gasteiger partial charge in [-0.05, 0) is 73.3 Å². The van der Waals surface area contributed by atoms with Crippen LogP contribution in [0.4, 0.5) is 13.2 Å².